The number of nitrogens with zero attached hydrogens (tertiary/aromatic N) is 7. The zero-order valence-corrected chi connectivity index (χ0v) is 23.4. The molecule has 0 saturated carbocycles. The molecule has 0 saturated heterocycles. The van der Waals surface area contributed by atoms with Crippen molar-refractivity contribution in [1.29, 1.82) is 0 Å². The minimum Gasteiger partial charge on any atom is -0.487 e. The minimum atomic E-state index is -0.166. The van der Waals surface area contributed by atoms with Gasteiger partial charge in [-0.15, -0.1) is 5.10 Å². The lowest BCUT2D eigenvalue weighted by atomic mass is 10.2. The van der Waals surface area contributed by atoms with Gasteiger partial charge >= 0.3 is 0 Å². The number of hydrogen-bond acceptors (Lipinski definition) is 7. The molecule has 0 aliphatic rings. The minimum absolute atomic E-state index is 0.135. The average molecular weight is 568 g/mol. The molecule has 0 aliphatic heterocycles. The van der Waals surface area contributed by atoms with Crippen LogP contribution in [-0.4, -0.2) is 34.1 Å². The van der Waals surface area contributed by atoms with E-state index in [2.05, 4.69) is 20.3 Å². The summed E-state index contributed by atoms with van der Waals surface area (Å²) >= 11 is 0. The molecule has 210 valence electrons. The predicted octanol–water partition coefficient (Wildman–Crippen LogP) is 4.86. The van der Waals surface area contributed by atoms with E-state index in [-0.39, 0.29) is 17.7 Å². The van der Waals surface area contributed by atoms with Gasteiger partial charge in [0, 0.05) is 0 Å². The van der Waals surface area contributed by atoms with Crippen molar-refractivity contribution >= 4 is 21.8 Å². The van der Waals surface area contributed by atoms with Gasteiger partial charge in [0.05, 0.1) is 45.1 Å². The van der Waals surface area contributed by atoms with Crippen molar-refractivity contribution in [3.63, 3.8) is 0 Å². The van der Waals surface area contributed by atoms with Crippen LogP contribution in [0.15, 0.2) is 113 Å². The third kappa shape index (κ3) is 4.74. The summed E-state index contributed by atoms with van der Waals surface area (Å²) in [5, 5.41) is 9.46. The SMILES string of the molecule is Cc1nc2cc(-n3cc(COc4ccc5nc(C)n(-c6ccccc6)c(=O)c5c4)nn3)ccc2c(=O)n1-c1ccccc1. The van der Waals surface area contributed by atoms with Gasteiger partial charge in [0.1, 0.15) is 29.7 Å². The molecule has 0 bridgehead atoms. The Hall–Kier alpha value is -5.90. The Kier molecular flexibility index (Phi) is 6.35. The maximum atomic E-state index is 13.4. The van der Waals surface area contributed by atoms with Gasteiger partial charge < -0.3 is 4.74 Å². The maximum absolute atomic E-state index is 13.4. The second-order valence-electron chi connectivity index (χ2n) is 10.1. The topological polar surface area (TPSA) is 110 Å². The highest BCUT2D eigenvalue weighted by Gasteiger charge is 2.13. The fraction of sp³-hybridized carbons (Fsp3) is 0.0909. The quantitative estimate of drug-likeness (QED) is 0.282. The molecule has 3 heterocycles. The fourth-order valence-electron chi connectivity index (χ4n) is 5.20. The van der Waals surface area contributed by atoms with Crippen LogP contribution in [0.3, 0.4) is 0 Å². The van der Waals surface area contributed by atoms with E-state index in [4.69, 9.17) is 4.74 Å². The number of hydrogen-bond donors (Lipinski definition) is 0. The normalized spacial score (nSPS) is 11.3. The van der Waals surface area contributed by atoms with Crippen LogP contribution in [0.25, 0.3) is 38.9 Å². The van der Waals surface area contributed by atoms with Crippen molar-refractivity contribution < 1.29 is 4.74 Å². The van der Waals surface area contributed by atoms with Gasteiger partial charge in [0.15, 0.2) is 0 Å². The number of aryl methyl sites for hydroxylation is 2. The lowest BCUT2D eigenvalue weighted by molar-refractivity contribution is 0.301. The van der Waals surface area contributed by atoms with E-state index >= 15 is 0 Å². The van der Waals surface area contributed by atoms with E-state index in [1.807, 2.05) is 86.6 Å². The monoisotopic (exact) mass is 567 g/mol. The summed E-state index contributed by atoms with van der Waals surface area (Å²) in [5.74, 6) is 1.71. The third-order valence-electron chi connectivity index (χ3n) is 7.25. The first-order valence-electron chi connectivity index (χ1n) is 13.7. The smallest absolute Gasteiger partial charge is 0.266 e. The molecule has 10 heteroatoms. The van der Waals surface area contributed by atoms with Crippen molar-refractivity contribution in [2.75, 3.05) is 0 Å². The number of benzene rings is 4. The molecule has 0 atom stereocenters. The second kappa shape index (κ2) is 10.5. The first-order chi connectivity index (χ1) is 21.0. The summed E-state index contributed by atoms with van der Waals surface area (Å²) in [7, 11) is 0. The Balaban J connectivity index is 1.14. The number of fused-ring (bicyclic) bond motifs is 2. The Bertz CT molecular complexity index is 2260. The van der Waals surface area contributed by atoms with Gasteiger partial charge in [-0.2, -0.15) is 0 Å². The van der Waals surface area contributed by atoms with Crippen molar-refractivity contribution in [2.24, 2.45) is 0 Å². The Labute approximate surface area is 245 Å². The lowest BCUT2D eigenvalue weighted by Gasteiger charge is -2.11. The molecule has 4 aromatic carbocycles. The van der Waals surface area contributed by atoms with Gasteiger partial charge in [-0.1, -0.05) is 41.6 Å². The summed E-state index contributed by atoms with van der Waals surface area (Å²) < 4.78 is 10.8. The van der Waals surface area contributed by atoms with Gasteiger partial charge in [-0.25, -0.2) is 14.6 Å². The van der Waals surface area contributed by atoms with E-state index in [1.165, 1.54) is 0 Å². The molecule has 10 nitrogen and oxygen atoms in total. The summed E-state index contributed by atoms with van der Waals surface area (Å²) in [4.78, 5) is 36.0. The number of para-hydroxylation sites is 2. The molecule has 0 N–H and O–H groups in total. The van der Waals surface area contributed by atoms with Crippen LogP contribution in [-0.2, 0) is 6.61 Å². The van der Waals surface area contributed by atoms with Gasteiger partial charge in [-0.05, 0) is 74.5 Å². The zero-order valence-electron chi connectivity index (χ0n) is 23.4. The number of rotatable bonds is 6. The van der Waals surface area contributed by atoms with Crippen LogP contribution in [0.2, 0.25) is 0 Å². The van der Waals surface area contributed by atoms with Crippen molar-refractivity contribution in [3.05, 3.63) is 141 Å². The number of ether oxygens (including phenoxy) is 1. The third-order valence-corrected chi connectivity index (χ3v) is 7.25. The van der Waals surface area contributed by atoms with E-state index in [1.54, 1.807) is 44.3 Å². The van der Waals surface area contributed by atoms with Crippen molar-refractivity contribution in [3.8, 4) is 22.8 Å². The molecular weight excluding hydrogens is 542 g/mol. The van der Waals surface area contributed by atoms with Gasteiger partial charge in [0.25, 0.3) is 11.1 Å². The van der Waals surface area contributed by atoms with Crippen LogP contribution in [0.4, 0.5) is 0 Å². The Morgan fingerprint density at radius 3 is 1.95 bits per heavy atom. The highest BCUT2D eigenvalue weighted by molar-refractivity contribution is 5.81. The molecule has 0 aliphatic carbocycles. The van der Waals surface area contributed by atoms with Gasteiger partial charge in [0.2, 0.25) is 0 Å². The van der Waals surface area contributed by atoms with Crippen molar-refractivity contribution in [2.45, 2.75) is 20.5 Å². The summed E-state index contributed by atoms with van der Waals surface area (Å²) in [5.41, 5.74) is 3.69. The summed E-state index contributed by atoms with van der Waals surface area (Å²) in [6.07, 6.45) is 1.76. The lowest BCUT2D eigenvalue weighted by Crippen LogP contribution is -2.22. The van der Waals surface area contributed by atoms with Gasteiger partial charge in [-0.3, -0.25) is 18.7 Å². The molecule has 7 rings (SSSR count). The van der Waals surface area contributed by atoms with Crippen LogP contribution in [0.5, 0.6) is 5.75 Å². The molecule has 7 aromatic rings. The highest BCUT2D eigenvalue weighted by Crippen LogP contribution is 2.21. The summed E-state index contributed by atoms with van der Waals surface area (Å²) in [6, 6.07) is 29.5. The van der Waals surface area contributed by atoms with Crippen LogP contribution < -0.4 is 15.9 Å². The first kappa shape index (κ1) is 26.0. The van der Waals surface area contributed by atoms with E-state index in [9.17, 15) is 9.59 Å². The fourth-order valence-corrected chi connectivity index (χ4v) is 5.20. The molecule has 0 amide bonds. The Morgan fingerprint density at radius 2 is 1.28 bits per heavy atom. The molecular formula is C33H25N7O3. The van der Waals surface area contributed by atoms with E-state index in [0.717, 1.165) is 11.4 Å². The van der Waals surface area contributed by atoms with E-state index in [0.29, 0.717) is 50.6 Å². The Morgan fingerprint density at radius 1 is 0.651 bits per heavy atom. The number of aromatic nitrogens is 7. The van der Waals surface area contributed by atoms with Crippen LogP contribution >= 0.6 is 0 Å². The molecule has 3 aromatic heterocycles. The standard InChI is InChI=1S/C33H25N7O3/c1-21-34-30-16-14-27(18-29(30)33(42)40(21)25-11-7-4-8-12-25)43-20-23-19-38(37-36-23)26-13-15-28-31(17-26)35-22(2)39(32(28)41)24-9-5-3-6-10-24/h3-19H,20H2,1-2H3. The molecule has 43 heavy (non-hydrogen) atoms. The molecule has 0 spiro atoms. The second-order valence-corrected chi connectivity index (χ2v) is 10.1. The predicted molar refractivity (Wildman–Crippen MR) is 163 cm³/mol. The molecule has 0 fully saturated rings. The largest absolute Gasteiger partial charge is 0.487 e. The summed E-state index contributed by atoms with van der Waals surface area (Å²) in [6.45, 7) is 3.77. The molecule has 0 unspecified atom stereocenters. The molecule has 0 radical (unpaired) electrons. The zero-order chi connectivity index (χ0) is 29.5. The van der Waals surface area contributed by atoms with Crippen LogP contribution in [0.1, 0.15) is 17.3 Å². The van der Waals surface area contributed by atoms with E-state index < -0.39 is 0 Å². The highest BCUT2D eigenvalue weighted by atomic mass is 16.5. The van der Waals surface area contributed by atoms with Crippen LogP contribution in [0, 0.1) is 13.8 Å². The maximum Gasteiger partial charge on any atom is 0.266 e. The van der Waals surface area contributed by atoms with Crippen molar-refractivity contribution in [1.82, 2.24) is 34.1 Å². The first-order valence-corrected chi connectivity index (χ1v) is 13.7. The average Bonchev–Trinajstić information content (AvgIpc) is 3.50.